The van der Waals surface area contributed by atoms with Crippen LogP contribution < -0.4 is 15.6 Å². The minimum atomic E-state index is -0.943. The van der Waals surface area contributed by atoms with E-state index < -0.39 is 24.0 Å². The van der Waals surface area contributed by atoms with Gasteiger partial charge in [0.25, 0.3) is 5.56 Å². The minimum Gasteiger partial charge on any atom is -0.497 e. The molecule has 3 heterocycles. The number of hydrogen-bond acceptors (Lipinski definition) is 7. The zero-order valence-electron chi connectivity index (χ0n) is 21.9. The molecule has 0 bridgehead atoms. The van der Waals surface area contributed by atoms with Crippen LogP contribution in [-0.4, -0.2) is 50.7 Å². The van der Waals surface area contributed by atoms with E-state index in [-0.39, 0.29) is 24.5 Å². The number of aromatic amines is 1. The van der Waals surface area contributed by atoms with E-state index in [0.29, 0.717) is 11.0 Å². The molecular formula is C31H30N4O5. The summed E-state index contributed by atoms with van der Waals surface area (Å²) in [4.78, 5) is 21.1. The molecule has 9 nitrogen and oxygen atoms in total. The molecule has 3 atom stereocenters. The number of H-pyrrole nitrogens is 1. The predicted molar refractivity (Wildman–Crippen MR) is 151 cm³/mol. The SMILES string of the molecule is COc1ccc(C(Nc2nc3c(ccn3C3O[C@H](CO)C[C@H]3O)c(=O)[nH]2)(c2ccccc2)c2ccccc2)cc1. The molecule has 1 fully saturated rings. The third-order valence-corrected chi connectivity index (χ3v) is 7.47. The number of fused-ring (bicyclic) bond motifs is 1. The van der Waals surface area contributed by atoms with Crippen LogP contribution >= 0.6 is 0 Å². The lowest BCUT2D eigenvalue weighted by Crippen LogP contribution is -2.39. The molecule has 1 saturated heterocycles. The molecule has 204 valence electrons. The van der Waals surface area contributed by atoms with Gasteiger partial charge < -0.3 is 29.6 Å². The Labute approximate surface area is 230 Å². The number of aliphatic hydroxyl groups is 2. The average Bonchev–Trinajstić information content (AvgIpc) is 3.60. The van der Waals surface area contributed by atoms with Gasteiger partial charge in [-0.05, 0) is 34.9 Å². The van der Waals surface area contributed by atoms with Crippen LogP contribution in [0.2, 0.25) is 0 Å². The molecular weight excluding hydrogens is 508 g/mol. The normalized spacial score (nSPS) is 19.1. The Morgan fingerprint density at radius 1 is 1.00 bits per heavy atom. The van der Waals surface area contributed by atoms with E-state index in [4.69, 9.17) is 14.5 Å². The van der Waals surface area contributed by atoms with Crippen LogP contribution in [0.25, 0.3) is 11.0 Å². The summed E-state index contributed by atoms with van der Waals surface area (Å²) in [7, 11) is 1.63. The Bertz CT molecular complexity index is 1610. The lowest BCUT2D eigenvalue weighted by atomic mass is 9.77. The standard InChI is InChI=1S/C31H30N4O5/c1-39-23-14-12-22(13-15-23)31(20-8-4-2-5-9-20,21-10-6-3-7-11-21)34-30-32-27-25(28(38)33-30)16-17-35(27)29-26(37)18-24(19-36)40-29/h2-17,24,26,29,36-37H,18-19H2,1H3,(H2,32,33,34,38)/t24-,26+,29?/m0/s1. The molecule has 0 aliphatic carbocycles. The van der Waals surface area contributed by atoms with E-state index in [9.17, 15) is 15.0 Å². The highest BCUT2D eigenvalue weighted by Crippen LogP contribution is 2.40. The summed E-state index contributed by atoms with van der Waals surface area (Å²) in [6, 6.07) is 29.3. The van der Waals surface area contributed by atoms with Crippen LogP contribution in [0.15, 0.2) is 102 Å². The fraction of sp³-hybridized carbons (Fsp3) is 0.226. The number of nitrogens with zero attached hydrogens (tertiary/aromatic N) is 2. The third-order valence-electron chi connectivity index (χ3n) is 7.47. The highest BCUT2D eigenvalue weighted by molar-refractivity contribution is 5.76. The second-order valence-corrected chi connectivity index (χ2v) is 9.84. The summed E-state index contributed by atoms with van der Waals surface area (Å²) in [5, 5.41) is 24.1. The first-order valence-electron chi connectivity index (χ1n) is 13.1. The topological polar surface area (TPSA) is 122 Å². The Balaban J connectivity index is 1.54. The Hall–Kier alpha value is -4.44. The summed E-state index contributed by atoms with van der Waals surface area (Å²) >= 11 is 0. The van der Waals surface area contributed by atoms with E-state index >= 15 is 0 Å². The van der Waals surface area contributed by atoms with Crippen LogP contribution in [0.3, 0.4) is 0 Å². The number of nitrogens with one attached hydrogen (secondary N) is 2. The molecule has 3 aromatic carbocycles. The molecule has 9 heteroatoms. The molecule has 5 aromatic rings. The number of benzene rings is 3. The third kappa shape index (κ3) is 4.44. The molecule has 1 aliphatic rings. The van der Waals surface area contributed by atoms with Gasteiger partial charge in [-0.15, -0.1) is 0 Å². The van der Waals surface area contributed by atoms with Gasteiger partial charge in [0.05, 0.1) is 25.2 Å². The predicted octanol–water partition coefficient (Wildman–Crippen LogP) is 3.78. The smallest absolute Gasteiger partial charge is 0.261 e. The van der Waals surface area contributed by atoms with Crippen molar-refractivity contribution in [3.63, 3.8) is 0 Å². The van der Waals surface area contributed by atoms with Crippen molar-refractivity contribution in [1.29, 1.82) is 0 Å². The van der Waals surface area contributed by atoms with Crippen molar-refractivity contribution >= 4 is 17.0 Å². The van der Waals surface area contributed by atoms with Crippen molar-refractivity contribution in [2.45, 2.75) is 30.4 Å². The Morgan fingerprint density at radius 2 is 1.62 bits per heavy atom. The monoisotopic (exact) mass is 538 g/mol. The van der Waals surface area contributed by atoms with Gasteiger partial charge in [0.2, 0.25) is 5.95 Å². The van der Waals surface area contributed by atoms with E-state index in [1.807, 2.05) is 84.9 Å². The maximum Gasteiger partial charge on any atom is 0.261 e. The van der Waals surface area contributed by atoms with Gasteiger partial charge >= 0.3 is 0 Å². The van der Waals surface area contributed by atoms with E-state index in [2.05, 4.69) is 10.3 Å². The van der Waals surface area contributed by atoms with Gasteiger partial charge in [-0.2, -0.15) is 4.98 Å². The summed E-state index contributed by atoms with van der Waals surface area (Å²) < 4.78 is 12.9. The highest BCUT2D eigenvalue weighted by atomic mass is 16.5. The zero-order chi connectivity index (χ0) is 27.7. The Kier molecular flexibility index (Phi) is 6.85. The fourth-order valence-electron chi connectivity index (χ4n) is 5.52. The number of hydrogen-bond donors (Lipinski definition) is 4. The molecule has 0 amide bonds. The summed E-state index contributed by atoms with van der Waals surface area (Å²) in [6.07, 6.45) is -0.146. The Morgan fingerprint density at radius 3 is 2.20 bits per heavy atom. The van der Waals surface area contributed by atoms with Crippen molar-refractivity contribution in [2.24, 2.45) is 0 Å². The number of ether oxygens (including phenoxy) is 2. The number of anilines is 1. The van der Waals surface area contributed by atoms with Crippen molar-refractivity contribution in [1.82, 2.24) is 14.5 Å². The van der Waals surface area contributed by atoms with Crippen molar-refractivity contribution in [2.75, 3.05) is 19.0 Å². The first-order valence-corrected chi connectivity index (χ1v) is 13.1. The summed E-state index contributed by atoms with van der Waals surface area (Å²) in [5.74, 6) is 0.966. The first-order chi connectivity index (χ1) is 19.5. The molecule has 0 saturated carbocycles. The van der Waals surface area contributed by atoms with Crippen molar-refractivity contribution in [3.8, 4) is 5.75 Å². The van der Waals surface area contributed by atoms with Gasteiger partial charge in [0.1, 0.15) is 17.4 Å². The molecule has 1 unspecified atom stereocenters. The maximum absolute atomic E-state index is 13.3. The zero-order valence-corrected chi connectivity index (χ0v) is 21.9. The van der Waals surface area contributed by atoms with E-state index in [1.54, 1.807) is 23.9 Å². The number of methoxy groups -OCH3 is 1. The van der Waals surface area contributed by atoms with Crippen LogP contribution in [0.4, 0.5) is 5.95 Å². The summed E-state index contributed by atoms with van der Waals surface area (Å²) in [6.45, 7) is -0.202. The van der Waals surface area contributed by atoms with E-state index in [0.717, 1.165) is 22.4 Å². The van der Waals surface area contributed by atoms with Crippen LogP contribution in [0.1, 0.15) is 29.3 Å². The van der Waals surface area contributed by atoms with Gasteiger partial charge in [0.15, 0.2) is 11.9 Å². The van der Waals surface area contributed by atoms with Crippen LogP contribution in [-0.2, 0) is 10.3 Å². The molecule has 4 N–H and O–H groups in total. The first kappa shape index (κ1) is 25.8. The number of aromatic nitrogens is 3. The van der Waals surface area contributed by atoms with Crippen molar-refractivity contribution < 1.29 is 19.7 Å². The van der Waals surface area contributed by atoms with Crippen molar-refractivity contribution in [3.05, 3.63) is 124 Å². The van der Waals surface area contributed by atoms with E-state index in [1.165, 1.54) is 0 Å². The average molecular weight is 539 g/mol. The number of rotatable bonds is 8. The molecule has 0 radical (unpaired) electrons. The second-order valence-electron chi connectivity index (χ2n) is 9.84. The van der Waals surface area contributed by atoms with Gasteiger partial charge in [0, 0.05) is 12.6 Å². The van der Waals surface area contributed by atoms with Gasteiger partial charge in [-0.3, -0.25) is 9.78 Å². The molecule has 2 aromatic heterocycles. The lowest BCUT2D eigenvalue weighted by Gasteiger charge is -2.37. The lowest BCUT2D eigenvalue weighted by molar-refractivity contribution is -0.0484. The fourth-order valence-corrected chi connectivity index (χ4v) is 5.52. The quantitative estimate of drug-likeness (QED) is 0.222. The summed E-state index contributed by atoms with van der Waals surface area (Å²) in [5.41, 5.74) is 1.86. The number of aliphatic hydroxyl groups excluding tert-OH is 2. The molecule has 6 rings (SSSR count). The maximum atomic E-state index is 13.3. The second kappa shape index (κ2) is 10.6. The molecule has 40 heavy (non-hydrogen) atoms. The minimum absolute atomic E-state index is 0.202. The van der Waals surface area contributed by atoms with Gasteiger partial charge in [-0.1, -0.05) is 72.8 Å². The largest absolute Gasteiger partial charge is 0.497 e. The molecule has 1 aliphatic heterocycles. The van der Waals surface area contributed by atoms with Gasteiger partial charge in [-0.25, -0.2) is 0 Å². The highest BCUT2D eigenvalue weighted by Gasteiger charge is 2.38. The molecule has 0 spiro atoms. The van der Waals surface area contributed by atoms with Crippen LogP contribution in [0.5, 0.6) is 5.75 Å². The van der Waals surface area contributed by atoms with Crippen LogP contribution in [0, 0.1) is 0 Å².